The third kappa shape index (κ3) is 4.00. The number of hydrogen-bond acceptors (Lipinski definition) is 2. The molecule has 2 amide bonds. The highest BCUT2D eigenvalue weighted by Crippen LogP contribution is 2.21. The van der Waals surface area contributed by atoms with Gasteiger partial charge in [-0.05, 0) is 42.0 Å². The second-order valence-electron chi connectivity index (χ2n) is 5.49. The van der Waals surface area contributed by atoms with Crippen molar-refractivity contribution in [3.63, 3.8) is 0 Å². The Morgan fingerprint density at radius 1 is 1.12 bits per heavy atom. The fourth-order valence-electron chi connectivity index (χ4n) is 2.47. The number of carbonyl (C=O) groups excluding carboxylic acids is 1. The van der Waals surface area contributed by atoms with Gasteiger partial charge in [0.25, 0.3) is 0 Å². The predicted octanol–water partition coefficient (Wildman–Crippen LogP) is 3.61. The van der Waals surface area contributed by atoms with Crippen LogP contribution in [0.25, 0.3) is 0 Å². The summed E-state index contributed by atoms with van der Waals surface area (Å²) in [5.74, 6) is -0.242. The summed E-state index contributed by atoms with van der Waals surface area (Å²) in [5, 5.41) is 5.39. The number of urea groups is 1. The summed E-state index contributed by atoms with van der Waals surface area (Å²) in [6, 6.07) is 10.2. The first-order valence-electron chi connectivity index (χ1n) is 7.59. The molecule has 0 aliphatic carbocycles. The molecule has 3 rings (SSSR count). The number of anilines is 1. The lowest BCUT2D eigenvalue weighted by molar-refractivity contribution is 0.249. The molecule has 2 N–H and O–H groups in total. The van der Waals surface area contributed by atoms with Crippen LogP contribution in [0.1, 0.15) is 17.4 Å². The highest BCUT2D eigenvalue weighted by atomic mass is 19.1. The third-order valence-corrected chi connectivity index (χ3v) is 3.68. The summed E-state index contributed by atoms with van der Waals surface area (Å²) in [7, 11) is 1.79. The number of imidazole rings is 1. The van der Waals surface area contributed by atoms with E-state index in [4.69, 9.17) is 0 Å². The minimum absolute atomic E-state index is 0.392. The summed E-state index contributed by atoms with van der Waals surface area (Å²) >= 11 is 0. The summed E-state index contributed by atoms with van der Waals surface area (Å²) in [4.78, 5) is 16.6. The van der Waals surface area contributed by atoms with Crippen LogP contribution < -0.4 is 10.6 Å². The number of benzene rings is 2. The molecular formula is C18H16F2N4O. The summed E-state index contributed by atoms with van der Waals surface area (Å²) < 4.78 is 28.3. The van der Waals surface area contributed by atoms with E-state index in [0.29, 0.717) is 17.1 Å². The van der Waals surface area contributed by atoms with E-state index in [1.54, 1.807) is 36.1 Å². The normalized spacial score (nSPS) is 11.8. The molecule has 1 heterocycles. The van der Waals surface area contributed by atoms with Crippen molar-refractivity contribution in [3.05, 3.63) is 83.9 Å². The van der Waals surface area contributed by atoms with Crippen molar-refractivity contribution < 1.29 is 13.6 Å². The number of aryl methyl sites for hydroxylation is 1. The summed E-state index contributed by atoms with van der Waals surface area (Å²) in [5.41, 5.74) is 1.00. The quantitative estimate of drug-likeness (QED) is 0.761. The Morgan fingerprint density at radius 2 is 1.88 bits per heavy atom. The molecule has 25 heavy (non-hydrogen) atoms. The number of rotatable bonds is 4. The number of hydrogen-bond donors (Lipinski definition) is 2. The van der Waals surface area contributed by atoms with Crippen molar-refractivity contribution in [1.82, 2.24) is 14.9 Å². The Kier molecular flexibility index (Phi) is 4.74. The van der Waals surface area contributed by atoms with Crippen molar-refractivity contribution in [1.29, 1.82) is 0 Å². The van der Waals surface area contributed by atoms with Crippen molar-refractivity contribution in [2.45, 2.75) is 6.04 Å². The lowest BCUT2D eigenvalue weighted by Crippen LogP contribution is -2.34. The van der Waals surface area contributed by atoms with Crippen LogP contribution in [0.2, 0.25) is 0 Å². The fourth-order valence-corrected chi connectivity index (χ4v) is 2.47. The summed E-state index contributed by atoms with van der Waals surface area (Å²) in [6.45, 7) is 0. The van der Waals surface area contributed by atoms with Crippen molar-refractivity contribution in [2.75, 3.05) is 5.32 Å². The molecule has 0 saturated carbocycles. The van der Waals surface area contributed by atoms with Gasteiger partial charge < -0.3 is 15.2 Å². The maximum atomic E-state index is 13.6. The molecule has 7 heteroatoms. The van der Waals surface area contributed by atoms with Crippen LogP contribution in [-0.2, 0) is 7.05 Å². The van der Waals surface area contributed by atoms with Crippen molar-refractivity contribution in [3.8, 4) is 0 Å². The largest absolute Gasteiger partial charge is 0.336 e. The van der Waals surface area contributed by atoms with E-state index < -0.39 is 23.7 Å². The molecule has 0 aliphatic rings. The highest BCUT2D eigenvalue weighted by molar-refractivity contribution is 5.89. The van der Waals surface area contributed by atoms with E-state index in [1.807, 2.05) is 0 Å². The molecule has 0 radical (unpaired) electrons. The molecule has 1 aromatic heterocycles. The lowest BCUT2D eigenvalue weighted by Gasteiger charge is -2.19. The predicted molar refractivity (Wildman–Crippen MR) is 90.0 cm³/mol. The number of nitrogens with one attached hydrogen (secondary N) is 2. The van der Waals surface area contributed by atoms with Gasteiger partial charge in [0, 0.05) is 25.1 Å². The standard InChI is InChI=1S/C18H16F2N4O/c1-24-10-9-21-17(24)16(12-3-2-4-14(20)11-12)23-18(25)22-15-7-5-13(19)6-8-15/h2-11,16H,1H3,(H2,22,23,25)/t16-/m0/s1. The molecule has 0 bridgehead atoms. The van der Waals surface area contributed by atoms with Crippen LogP contribution in [-0.4, -0.2) is 15.6 Å². The first-order valence-corrected chi connectivity index (χ1v) is 7.59. The zero-order valence-corrected chi connectivity index (χ0v) is 13.4. The Hall–Kier alpha value is -3.22. The molecule has 0 unspecified atom stereocenters. The maximum absolute atomic E-state index is 13.6. The minimum atomic E-state index is -0.642. The van der Waals surface area contributed by atoms with E-state index >= 15 is 0 Å². The first-order chi connectivity index (χ1) is 12.0. The molecule has 0 saturated heterocycles. The lowest BCUT2D eigenvalue weighted by atomic mass is 10.1. The van der Waals surface area contributed by atoms with Gasteiger partial charge in [-0.25, -0.2) is 18.6 Å². The number of amides is 2. The van der Waals surface area contributed by atoms with Crippen LogP contribution in [0.15, 0.2) is 60.9 Å². The zero-order chi connectivity index (χ0) is 17.8. The van der Waals surface area contributed by atoms with Crippen LogP contribution >= 0.6 is 0 Å². The average molecular weight is 342 g/mol. The highest BCUT2D eigenvalue weighted by Gasteiger charge is 2.21. The van der Waals surface area contributed by atoms with Gasteiger partial charge >= 0.3 is 6.03 Å². The van der Waals surface area contributed by atoms with E-state index in [1.165, 1.54) is 36.4 Å². The van der Waals surface area contributed by atoms with Gasteiger partial charge in [0.1, 0.15) is 23.5 Å². The maximum Gasteiger partial charge on any atom is 0.320 e. The van der Waals surface area contributed by atoms with E-state index in [2.05, 4.69) is 15.6 Å². The Bertz CT molecular complexity index is 877. The van der Waals surface area contributed by atoms with Gasteiger partial charge in [-0.15, -0.1) is 0 Å². The van der Waals surface area contributed by atoms with Gasteiger partial charge in [-0.1, -0.05) is 12.1 Å². The van der Waals surface area contributed by atoms with E-state index in [9.17, 15) is 13.6 Å². The Balaban J connectivity index is 1.83. The molecule has 3 aromatic rings. The number of nitrogens with zero attached hydrogens (tertiary/aromatic N) is 2. The van der Waals surface area contributed by atoms with Gasteiger partial charge in [-0.2, -0.15) is 0 Å². The van der Waals surface area contributed by atoms with Crippen LogP contribution in [0.3, 0.4) is 0 Å². The number of halogens is 2. The van der Waals surface area contributed by atoms with Crippen LogP contribution in [0.5, 0.6) is 0 Å². The molecule has 0 spiro atoms. The molecular weight excluding hydrogens is 326 g/mol. The second kappa shape index (κ2) is 7.12. The zero-order valence-electron chi connectivity index (χ0n) is 13.4. The molecule has 0 fully saturated rings. The van der Waals surface area contributed by atoms with Gasteiger partial charge in [0.15, 0.2) is 0 Å². The molecule has 1 atom stereocenters. The average Bonchev–Trinajstić information content (AvgIpc) is 3.00. The molecule has 128 valence electrons. The topological polar surface area (TPSA) is 59.0 Å². The minimum Gasteiger partial charge on any atom is -0.336 e. The van der Waals surface area contributed by atoms with Crippen molar-refractivity contribution >= 4 is 11.7 Å². The van der Waals surface area contributed by atoms with E-state index in [-0.39, 0.29) is 0 Å². The fraction of sp³-hybridized carbons (Fsp3) is 0.111. The van der Waals surface area contributed by atoms with Crippen LogP contribution in [0, 0.1) is 11.6 Å². The Labute approximate surface area is 143 Å². The molecule has 2 aromatic carbocycles. The van der Waals surface area contributed by atoms with E-state index in [0.717, 1.165) is 0 Å². The first kappa shape index (κ1) is 16.6. The second-order valence-corrected chi connectivity index (χ2v) is 5.49. The number of carbonyl (C=O) groups is 1. The SMILES string of the molecule is Cn1ccnc1[C@@H](NC(=O)Nc1ccc(F)cc1)c1cccc(F)c1. The monoisotopic (exact) mass is 342 g/mol. The van der Waals surface area contributed by atoms with Crippen LogP contribution in [0.4, 0.5) is 19.3 Å². The van der Waals surface area contributed by atoms with Gasteiger partial charge in [-0.3, -0.25) is 0 Å². The smallest absolute Gasteiger partial charge is 0.320 e. The number of aromatic nitrogens is 2. The molecule has 5 nitrogen and oxygen atoms in total. The van der Waals surface area contributed by atoms with Crippen molar-refractivity contribution in [2.24, 2.45) is 7.05 Å². The van der Waals surface area contributed by atoms with Gasteiger partial charge in [0.2, 0.25) is 0 Å². The summed E-state index contributed by atoms with van der Waals surface area (Å²) in [6.07, 6.45) is 3.34. The third-order valence-electron chi connectivity index (χ3n) is 3.68. The van der Waals surface area contributed by atoms with Gasteiger partial charge in [0.05, 0.1) is 0 Å². The Morgan fingerprint density at radius 3 is 2.52 bits per heavy atom. The molecule has 0 aliphatic heterocycles.